The summed E-state index contributed by atoms with van der Waals surface area (Å²) in [6, 6.07) is 0. The molecule has 0 aromatic carbocycles. The lowest BCUT2D eigenvalue weighted by molar-refractivity contribution is 0.137. The maximum atomic E-state index is 3.43. The second kappa shape index (κ2) is 4.24. The van der Waals surface area contributed by atoms with Gasteiger partial charge in [0.05, 0.1) is 0 Å². The van der Waals surface area contributed by atoms with Crippen molar-refractivity contribution in [3.05, 3.63) is 0 Å². The van der Waals surface area contributed by atoms with Crippen LogP contribution in [0.2, 0.25) is 0 Å². The van der Waals surface area contributed by atoms with Gasteiger partial charge in [-0.05, 0) is 51.9 Å². The predicted octanol–water partition coefficient (Wildman–Crippen LogP) is 1.33. The quantitative estimate of drug-likeness (QED) is 0.687. The van der Waals surface area contributed by atoms with Crippen LogP contribution >= 0.6 is 0 Å². The van der Waals surface area contributed by atoms with Crippen molar-refractivity contribution in [1.82, 2.24) is 10.2 Å². The Morgan fingerprint density at radius 1 is 1.25 bits per heavy atom. The van der Waals surface area contributed by atoms with Crippen LogP contribution in [0.4, 0.5) is 0 Å². The summed E-state index contributed by atoms with van der Waals surface area (Å²) in [4.78, 5) is 2.33. The van der Waals surface area contributed by atoms with E-state index in [1.54, 1.807) is 0 Å². The normalized spacial score (nSPS) is 23.0. The highest BCUT2D eigenvalue weighted by Crippen LogP contribution is 2.32. The number of rotatable bonds is 3. The van der Waals surface area contributed by atoms with E-state index in [-0.39, 0.29) is 0 Å². The molecule has 1 aliphatic heterocycles. The van der Waals surface area contributed by atoms with Crippen molar-refractivity contribution in [2.24, 2.45) is 5.41 Å². The Kier molecular flexibility index (Phi) is 3.53. The van der Waals surface area contributed by atoms with Gasteiger partial charge < -0.3 is 10.2 Å². The molecular formula is C10H22N2. The van der Waals surface area contributed by atoms with Gasteiger partial charge in [-0.3, -0.25) is 0 Å². The zero-order valence-electron chi connectivity index (χ0n) is 8.69. The van der Waals surface area contributed by atoms with E-state index in [4.69, 9.17) is 0 Å². The fourth-order valence-corrected chi connectivity index (χ4v) is 2.25. The molecule has 2 heteroatoms. The first-order valence-corrected chi connectivity index (χ1v) is 5.04. The van der Waals surface area contributed by atoms with E-state index in [1.807, 2.05) is 0 Å². The van der Waals surface area contributed by atoms with E-state index in [2.05, 4.69) is 31.2 Å². The summed E-state index contributed by atoms with van der Waals surface area (Å²) < 4.78 is 0. The third-order valence-electron chi connectivity index (χ3n) is 3.07. The molecule has 0 bridgehead atoms. The first-order chi connectivity index (χ1) is 5.68. The Morgan fingerprint density at radius 2 is 1.83 bits per heavy atom. The average Bonchev–Trinajstić information content (AvgIpc) is 2.05. The predicted molar refractivity (Wildman–Crippen MR) is 53.4 cm³/mol. The zero-order chi connectivity index (χ0) is 9.03. The van der Waals surface area contributed by atoms with Gasteiger partial charge in [0.1, 0.15) is 0 Å². The molecule has 0 aromatic rings. The van der Waals surface area contributed by atoms with Gasteiger partial charge in [-0.2, -0.15) is 0 Å². The van der Waals surface area contributed by atoms with Crippen LogP contribution < -0.4 is 5.32 Å². The molecule has 0 spiro atoms. The van der Waals surface area contributed by atoms with E-state index < -0.39 is 0 Å². The molecule has 12 heavy (non-hydrogen) atoms. The van der Waals surface area contributed by atoms with Gasteiger partial charge in [0.15, 0.2) is 0 Å². The van der Waals surface area contributed by atoms with Gasteiger partial charge in [-0.1, -0.05) is 6.92 Å². The van der Waals surface area contributed by atoms with Gasteiger partial charge in [-0.15, -0.1) is 0 Å². The first-order valence-electron chi connectivity index (χ1n) is 5.04. The Morgan fingerprint density at radius 3 is 2.25 bits per heavy atom. The molecule has 0 unspecified atom stereocenters. The van der Waals surface area contributed by atoms with Crippen molar-refractivity contribution in [1.29, 1.82) is 0 Å². The molecule has 1 fully saturated rings. The summed E-state index contributed by atoms with van der Waals surface area (Å²) >= 11 is 0. The van der Waals surface area contributed by atoms with Crippen LogP contribution in [-0.2, 0) is 0 Å². The number of piperidine rings is 1. The summed E-state index contributed by atoms with van der Waals surface area (Å²) in [7, 11) is 4.36. The SMILES string of the molecule is CCC1(CN(C)C)CCNCC1. The number of hydrogen-bond donors (Lipinski definition) is 1. The van der Waals surface area contributed by atoms with Gasteiger partial charge >= 0.3 is 0 Å². The van der Waals surface area contributed by atoms with Crippen LogP contribution in [0.5, 0.6) is 0 Å². The largest absolute Gasteiger partial charge is 0.317 e. The average molecular weight is 170 g/mol. The van der Waals surface area contributed by atoms with Gasteiger partial charge in [0, 0.05) is 6.54 Å². The van der Waals surface area contributed by atoms with E-state index in [9.17, 15) is 0 Å². The molecule has 0 radical (unpaired) electrons. The Balaban J connectivity index is 2.48. The summed E-state index contributed by atoms with van der Waals surface area (Å²) in [5.74, 6) is 0. The third-order valence-corrected chi connectivity index (χ3v) is 3.07. The van der Waals surface area contributed by atoms with Gasteiger partial charge in [0.25, 0.3) is 0 Å². The van der Waals surface area contributed by atoms with Gasteiger partial charge in [0.2, 0.25) is 0 Å². The standard InChI is InChI=1S/C10H22N2/c1-4-10(9-12(2)3)5-7-11-8-6-10/h11H,4-9H2,1-3H3. The molecule has 1 aliphatic rings. The summed E-state index contributed by atoms with van der Waals surface area (Å²) in [6.45, 7) is 6.00. The minimum absolute atomic E-state index is 0.606. The maximum Gasteiger partial charge on any atom is 0.00327 e. The monoisotopic (exact) mass is 170 g/mol. The fraction of sp³-hybridized carbons (Fsp3) is 1.00. The highest BCUT2D eigenvalue weighted by Gasteiger charge is 2.30. The lowest BCUT2D eigenvalue weighted by atomic mass is 9.76. The van der Waals surface area contributed by atoms with E-state index in [0.717, 1.165) is 0 Å². The van der Waals surface area contributed by atoms with Crippen molar-refractivity contribution in [2.45, 2.75) is 26.2 Å². The molecule has 0 aromatic heterocycles. The molecule has 1 rings (SSSR count). The molecule has 72 valence electrons. The smallest absolute Gasteiger partial charge is 0.00327 e. The lowest BCUT2D eigenvalue weighted by Crippen LogP contribution is -2.42. The molecule has 0 amide bonds. The third kappa shape index (κ3) is 2.46. The van der Waals surface area contributed by atoms with E-state index in [0.29, 0.717) is 5.41 Å². The summed E-state index contributed by atoms with van der Waals surface area (Å²) in [5.41, 5.74) is 0.606. The second-order valence-electron chi connectivity index (χ2n) is 4.34. The second-order valence-corrected chi connectivity index (χ2v) is 4.34. The highest BCUT2D eigenvalue weighted by molar-refractivity contribution is 4.85. The molecule has 1 N–H and O–H groups in total. The minimum atomic E-state index is 0.606. The number of nitrogens with one attached hydrogen (secondary N) is 1. The van der Waals surface area contributed by atoms with Crippen LogP contribution in [0.3, 0.4) is 0 Å². The van der Waals surface area contributed by atoms with Crippen molar-refractivity contribution in [3.63, 3.8) is 0 Å². The van der Waals surface area contributed by atoms with Crippen LogP contribution in [0.1, 0.15) is 26.2 Å². The van der Waals surface area contributed by atoms with Crippen LogP contribution in [0.15, 0.2) is 0 Å². The molecule has 1 heterocycles. The molecule has 0 atom stereocenters. The van der Waals surface area contributed by atoms with Crippen LogP contribution in [0.25, 0.3) is 0 Å². The molecule has 2 nitrogen and oxygen atoms in total. The van der Waals surface area contributed by atoms with Crippen molar-refractivity contribution in [3.8, 4) is 0 Å². The Bertz CT molecular complexity index is 126. The van der Waals surface area contributed by atoms with Crippen LogP contribution in [0, 0.1) is 5.41 Å². The molecular weight excluding hydrogens is 148 g/mol. The zero-order valence-corrected chi connectivity index (χ0v) is 8.69. The molecule has 1 saturated heterocycles. The number of nitrogens with zero attached hydrogens (tertiary/aromatic N) is 1. The topological polar surface area (TPSA) is 15.3 Å². The molecule has 0 aliphatic carbocycles. The Labute approximate surface area is 76.3 Å². The summed E-state index contributed by atoms with van der Waals surface area (Å²) in [5, 5.41) is 3.43. The van der Waals surface area contributed by atoms with Gasteiger partial charge in [-0.25, -0.2) is 0 Å². The minimum Gasteiger partial charge on any atom is -0.317 e. The van der Waals surface area contributed by atoms with Crippen molar-refractivity contribution >= 4 is 0 Å². The Hall–Kier alpha value is -0.0800. The lowest BCUT2D eigenvalue weighted by Gasteiger charge is -2.39. The highest BCUT2D eigenvalue weighted by atomic mass is 15.1. The van der Waals surface area contributed by atoms with Crippen molar-refractivity contribution in [2.75, 3.05) is 33.7 Å². The number of hydrogen-bond acceptors (Lipinski definition) is 2. The summed E-state index contributed by atoms with van der Waals surface area (Å²) in [6.07, 6.45) is 4.02. The molecule has 0 saturated carbocycles. The van der Waals surface area contributed by atoms with E-state index >= 15 is 0 Å². The van der Waals surface area contributed by atoms with Crippen LogP contribution in [-0.4, -0.2) is 38.6 Å². The maximum absolute atomic E-state index is 3.43. The fourth-order valence-electron chi connectivity index (χ4n) is 2.25. The first kappa shape index (κ1) is 10.0. The van der Waals surface area contributed by atoms with E-state index in [1.165, 1.54) is 38.9 Å². The van der Waals surface area contributed by atoms with Crippen molar-refractivity contribution < 1.29 is 0 Å².